The molecule has 2 nitrogen and oxygen atoms in total. The Morgan fingerprint density at radius 2 is 1.16 bits per heavy atom. The highest BCUT2D eigenvalue weighted by atomic mass is 32.1. The van der Waals surface area contributed by atoms with Gasteiger partial charge in [0, 0.05) is 68.6 Å². The van der Waals surface area contributed by atoms with Crippen LogP contribution in [0, 0.1) is 0 Å². The molecule has 0 radical (unpaired) electrons. The van der Waals surface area contributed by atoms with Gasteiger partial charge in [0.25, 0.3) is 0 Å². The second kappa shape index (κ2) is 9.17. The summed E-state index contributed by atoms with van der Waals surface area (Å²) in [7, 11) is 0. The van der Waals surface area contributed by atoms with Crippen molar-refractivity contribution in [1.29, 1.82) is 0 Å². The lowest BCUT2D eigenvalue weighted by molar-refractivity contribution is 0.669. The minimum absolute atomic E-state index is 0.894. The van der Waals surface area contributed by atoms with Gasteiger partial charge in [0.15, 0.2) is 0 Å². The molecule has 3 aromatic heterocycles. The molecular weight excluding hydrogens is 575 g/mol. The summed E-state index contributed by atoms with van der Waals surface area (Å²) in [5, 5.41) is 10.2. The Kier molecular flexibility index (Phi) is 5.06. The predicted octanol–water partition coefficient (Wildman–Crippen LogP) is 12.9. The number of hydrogen-bond donors (Lipinski definition) is 0. The number of para-hydroxylation sites is 2. The lowest BCUT2D eigenvalue weighted by Crippen LogP contribution is -2.10. The van der Waals surface area contributed by atoms with Crippen molar-refractivity contribution in [3.63, 3.8) is 0 Å². The molecule has 0 aliphatic heterocycles. The molecule has 3 heterocycles. The Morgan fingerprint density at radius 3 is 2.09 bits per heavy atom. The number of rotatable bonds is 3. The molecule has 0 saturated carbocycles. The molecule has 0 fully saturated rings. The minimum Gasteiger partial charge on any atom is -0.456 e. The number of thiophene rings is 2. The molecule has 0 amide bonds. The zero-order valence-corrected chi connectivity index (χ0v) is 25.1. The lowest BCUT2D eigenvalue weighted by atomic mass is 10.0. The van der Waals surface area contributed by atoms with Crippen LogP contribution in [0.25, 0.3) is 73.1 Å². The number of benzene rings is 7. The first-order chi connectivity index (χ1) is 21.8. The zero-order chi connectivity index (χ0) is 28.8. The topological polar surface area (TPSA) is 16.4 Å². The van der Waals surface area contributed by atoms with Crippen LogP contribution < -0.4 is 4.90 Å². The Hall–Kier alpha value is -5.16. The third-order valence-electron chi connectivity index (χ3n) is 8.84. The zero-order valence-electron chi connectivity index (χ0n) is 23.5. The van der Waals surface area contributed by atoms with Crippen LogP contribution in [-0.2, 0) is 0 Å². The molecular formula is C40H23NOS2. The lowest BCUT2D eigenvalue weighted by Gasteiger charge is -2.26. The van der Waals surface area contributed by atoms with Crippen molar-refractivity contribution in [3.05, 3.63) is 140 Å². The van der Waals surface area contributed by atoms with Crippen LogP contribution in [0.4, 0.5) is 17.1 Å². The second-order valence-electron chi connectivity index (χ2n) is 11.3. The molecule has 0 aliphatic carbocycles. The van der Waals surface area contributed by atoms with Gasteiger partial charge < -0.3 is 9.32 Å². The first kappa shape index (κ1) is 24.3. The molecule has 0 unspecified atom stereocenters. The Bertz CT molecular complexity index is 2730. The van der Waals surface area contributed by atoms with Crippen molar-refractivity contribution in [2.24, 2.45) is 0 Å². The predicted molar refractivity (Wildman–Crippen MR) is 192 cm³/mol. The van der Waals surface area contributed by atoms with Crippen LogP contribution >= 0.6 is 22.7 Å². The van der Waals surface area contributed by atoms with E-state index in [1.54, 1.807) is 0 Å². The molecule has 0 atom stereocenters. The quantitative estimate of drug-likeness (QED) is 0.201. The van der Waals surface area contributed by atoms with Gasteiger partial charge in [0.2, 0.25) is 0 Å². The van der Waals surface area contributed by atoms with Gasteiger partial charge in [-0.1, -0.05) is 78.9 Å². The fraction of sp³-hybridized carbons (Fsp3) is 0. The fourth-order valence-corrected chi connectivity index (χ4v) is 9.40. The Morgan fingerprint density at radius 1 is 0.432 bits per heavy atom. The maximum Gasteiger partial charge on any atom is 0.137 e. The van der Waals surface area contributed by atoms with Gasteiger partial charge in [-0.25, -0.2) is 0 Å². The van der Waals surface area contributed by atoms with E-state index in [-0.39, 0.29) is 0 Å². The van der Waals surface area contributed by atoms with E-state index in [2.05, 4.69) is 132 Å². The molecule has 7 aromatic carbocycles. The minimum atomic E-state index is 0.894. The highest BCUT2D eigenvalue weighted by molar-refractivity contribution is 7.30. The van der Waals surface area contributed by atoms with Gasteiger partial charge >= 0.3 is 0 Å². The largest absolute Gasteiger partial charge is 0.456 e. The van der Waals surface area contributed by atoms with Crippen LogP contribution in [0.1, 0.15) is 0 Å². The molecule has 0 N–H and O–H groups in total. The van der Waals surface area contributed by atoms with E-state index in [0.29, 0.717) is 0 Å². The van der Waals surface area contributed by atoms with Crippen molar-refractivity contribution in [1.82, 2.24) is 0 Å². The summed E-state index contributed by atoms with van der Waals surface area (Å²) in [6.07, 6.45) is 0. The fourth-order valence-electron chi connectivity index (χ4n) is 6.93. The van der Waals surface area contributed by atoms with Gasteiger partial charge in [-0.05, 0) is 65.4 Å². The Balaban J connectivity index is 1.30. The number of anilines is 3. The van der Waals surface area contributed by atoms with E-state index < -0.39 is 0 Å². The average molecular weight is 598 g/mol. The summed E-state index contributed by atoms with van der Waals surface area (Å²) in [5.74, 6) is 0. The monoisotopic (exact) mass is 597 g/mol. The normalized spacial score (nSPS) is 12.1. The molecule has 0 spiro atoms. The summed E-state index contributed by atoms with van der Waals surface area (Å²) in [5.41, 5.74) is 5.17. The smallest absolute Gasteiger partial charge is 0.137 e. The van der Waals surface area contributed by atoms with Crippen LogP contribution in [-0.4, -0.2) is 0 Å². The van der Waals surface area contributed by atoms with E-state index in [1.807, 2.05) is 34.8 Å². The van der Waals surface area contributed by atoms with E-state index in [9.17, 15) is 0 Å². The molecule has 10 aromatic rings. The van der Waals surface area contributed by atoms with Crippen LogP contribution in [0.5, 0.6) is 0 Å². The SMILES string of the molecule is c1ccc(N(c2ccc3c(c2)oc2ccccc23)c2cccc3sc4ccc5c(sc6ccc7ccccc7c65)c4c23)cc1. The number of furan rings is 1. The van der Waals surface area contributed by atoms with Gasteiger partial charge in [-0.3, -0.25) is 0 Å². The third-order valence-corrected chi connectivity index (χ3v) is 11.2. The number of nitrogens with zero attached hydrogens (tertiary/aromatic N) is 1. The number of fused-ring (bicyclic) bond motifs is 12. The number of hydrogen-bond acceptors (Lipinski definition) is 4. The van der Waals surface area contributed by atoms with Gasteiger partial charge in [0.1, 0.15) is 11.2 Å². The first-order valence-corrected chi connectivity index (χ1v) is 16.4. The summed E-state index contributed by atoms with van der Waals surface area (Å²) in [6.45, 7) is 0. The molecule has 0 saturated heterocycles. The summed E-state index contributed by atoms with van der Waals surface area (Å²) in [6, 6.07) is 50.3. The molecule has 10 rings (SSSR count). The maximum absolute atomic E-state index is 6.36. The van der Waals surface area contributed by atoms with Crippen molar-refractivity contribution in [2.45, 2.75) is 0 Å². The van der Waals surface area contributed by atoms with Crippen LogP contribution in [0.2, 0.25) is 0 Å². The molecule has 44 heavy (non-hydrogen) atoms. The summed E-state index contributed by atoms with van der Waals surface area (Å²) >= 11 is 3.79. The van der Waals surface area contributed by atoms with Crippen molar-refractivity contribution in [2.75, 3.05) is 4.90 Å². The van der Waals surface area contributed by atoms with Gasteiger partial charge in [-0.2, -0.15) is 0 Å². The van der Waals surface area contributed by atoms with E-state index in [1.165, 1.54) is 56.8 Å². The third kappa shape index (κ3) is 3.41. The molecule has 0 bridgehead atoms. The van der Waals surface area contributed by atoms with Gasteiger partial charge in [-0.15, -0.1) is 22.7 Å². The van der Waals surface area contributed by atoms with E-state index in [4.69, 9.17) is 4.42 Å². The molecule has 0 aliphatic rings. The average Bonchev–Trinajstić information content (AvgIpc) is 3.76. The summed E-state index contributed by atoms with van der Waals surface area (Å²) in [4.78, 5) is 2.39. The molecule has 4 heteroatoms. The van der Waals surface area contributed by atoms with Crippen LogP contribution in [0.3, 0.4) is 0 Å². The summed E-state index contributed by atoms with van der Waals surface area (Å²) < 4.78 is 11.7. The van der Waals surface area contributed by atoms with Crippen molar-refractivity contribution >= 4 is 113 Å². The second-order valence-corrected chi connectivity index (χ2v) is 13.4. The van der Waals surface area contributed by atoms with Crippen LogP contribution in [0.15, 0.2) is 144 Å². The molecule has 206 valence electrons. The highest BCUT2D eigenvalue weighted by Gasteiger charge is 2.22. The van der Waals surface area contributed by atoms with Crippen molar-refractivity contribution in [3.8, 4) is 0 Å². The maximum atomic E-state index is 6.36. The first-order valence-electron chi connectivity index (χ1n) is 14.8. The van der Waals surface area contributed by atoms with Crippen molar-refractivity contribution < 1.29 is 4.42 Å². The Labute approximate surface area is 260 Å². The highest BCUT2D eigenvalue weighted by Crippen LogP contribution is 2.50. The van der Waals surface area contributed by atoms with Gasteiger partial charge in [0.05, 0.1) is 5.69 Å². The van der Waals surface area contributed by atoms with E-state index >= 15 is 0 Å². The standard InChI is InChI=1S/C40H23NOS2/c1-2-10-25(11-3-1)41(26-18-19-29-28-13-6-7-15-32(28)42-33(29)23-26)31-14-8-16-34-38(31)39-36(43-34)22-20-30-37-27-12-5-4-9-24(27)17-21-35(37)44-40(30)39/h1-23H. The van der Waals surface area contributed by atoms with E-state index in [0.717, 1.165) is 33.3 Å².